The van der Waals surface area contributed by atoms with Crippen molar-refractivity contribution in [1.82, 2.24) is 0 Å². The number of hydrogen-bond acceptors (Lipinski definition) is 2. The molecule has 0 radical (unpaired) electrons. The Morgan fingerprint density at radius 1 is 1.12 bits per heavy atom. The van der Waals surface area contributed by atoms with Gasteiger partial charge in [-0.3, -0.25) is 0 Å². The second-order valence-electron chi connectivity index (χ2n) is 4.09. The first-order valence-electron chi connectivity index (χ1n) is 5.65. The molecule has 3 N–H and O–H groups in total. The maximum Gasteiger partial charge on any atom is 0.0946 e. The van der Waals surface area contributed by atoms with Gasteiger partial charge < -0.3 is 10.8 Å². The minimum absolute atomic E-state index is 0.203. The molecule has 0 spiro atoms. The van der Waals surface area contributed by atoms with Crippen molar-refractivity contribution in [3.8, 4) is 0 Å². The normalized spacial score (nSPS) is 14.9. The van der Waals surface area contributed by atoms with E-state index < -0.39 is 6.10 Å². The summed E-state index contributed by atoms with van der Waals surface area (Å²) < 4.78 is 0. The van der Waals surface area contributed by atoms with E-state index in [1.165, 1.54) is 0 Å². The highest BCUT2D eigenvalue weighted by Gasteiger charge is 2.16. The summed E-state index contributed by atoms with van der Waals surface area (Å²) in [4.78, 5) is 0. The van der Waals surface area contributed by atoms with Crippen molar-refractivity contribution in [2.45, 2.75) is 25.5 Å². The summed E-state index contributed by atoms with van der Waals surface area (Å²) in [6.07, 6.45) is 0.181. The average Bonchev–Trinajstić information content (AvgIpc) is 2.36. The Labute approximate surface area is 95.7 Å². The van der Waals surface area contributed by atoms with E-state index in [4.69, 9.17) is 5.73 Å². The highest BCUT2D eigenvalue weighted by molar-refractivity contribution is 5.86. The zero-order valence-corrected chi connectivity index (χ0v) is 9.43. The van der Waals surface area contributed by atoms with E-state index in [-0.39, 0.29) is 6.04 Å². The zero-order chi connectivity index (χ0) is 11.5. The molecule has 0 aromatic heterocycles. The number of aliphatic hydroxyl groups excluding tert-OH is 1. The lowest BCUT2D eigenvalue weighted by atomic mass is 9.95. The van der Waals surface area contributed by atoms with Crippen LogP contribution in [0.4, 0.5) is 0 Å². The fourth-order valence-electron chi connectivity index (χ4n) is 1.96. The lowest BCUT2D eigenvalue weighted by Gasteiger charge is -2.19. The molecule has 2 rings (SSSR count). The fraction of sp³-hybridized carbons (Fsp3) is 0.286. The van der Waals surface area contributed by atoms with Crippen molar-refractivity contribution >= 4 is 10.8 Å². The Hall–Kier alpha value is -1.38. The van der Waals surface area contributed by atoms with Gasteiger partial charge in [-0.1, -0.05) is 49.4 Å². The number of hydrogen-bond donors (Lipinski definition) is 2. The molecule has 2 aromatic carbocycles. The van der Waals surface area contributed by atoms with Crippen LogP contribution in [0.25, 0.3) is 10.8 Å². The molecule has 0 saturated carbocycles. The largest absolute Gasteiger partial charge is 0.387 e. The van der Waals surface area contributed by atoms with Gasteiger partial charge in [0.15, 0.2) is 0 Å². The summed E-state index contributed by atoms with van der Waals surface area (Å²) in [5.41, 5.74) is 6.81. The molecular weight excluding hydrogens is 198 g/mol. The van der Waals surface area contributed by atoms with Crippen LogP contribution in [0.15, 0.2) is 42.5 Å². The number of fused-ring (bicyclic) bond motifs is 1. The van der Waals surface area contributed by atoms with Crippen molar-refractivity contribution < 1.29 is 5.11 Å². The topological polar surface area (TPSA) is 46.2 Å². The highest BCUT2D eigenvalue weighted by Crippen LogP contribution is 2.26. The predicted molar refractivity (Wildman–Crippen MR) is 67.2 cm³/mol. The molecule has 0 aliphatic heterocycles. The lowest BCUT2D eigenvalue weighted by Crippen LogP contribution is -2.27. The molecule has 0 aliphatic rings. The molecule has 2 nitrogen and oxygen atoms in total. The Balaban J connectivity index is 2.52. The monoisotopic (exact) mass is 215 g/mol. The minimum Gasteiger partial charge on any atom is -0.387 e. The van der Waals surface area contributed by atoms with Crippen molar-refractivity contribution in [1.29, 1.82) is 0 Å². The van der Waals surface area contributed by atoms with Crippen LogP contribution in [0, 0.1) is 0 Å². The molecule has 0 bridgehead atoms. The average molecular weight is 215 g/mol. The van der Waals surface area contributed by atoms with E-state index in [1.807, 2.05) is 49.4 Å². The van der Waals surface area contributed by atoms with Gasteiger partial charge in [0.25, 0.3) is 0 Å². The molecule has 2 heteroatoms. The van der Waals surface area contributed by atoms with Crippen LogP contribution in [0.2, 0.25) is 0 Å². The third-order valence-corrected chi connectivity index (χ3v) is 3.02. The van der Waals surface area contributed by atoms with Crippen LogP contribution >= 0.6 is 0 Å². The number of rotatable bonds is 3. The van der Waals surface area contributed by atoms with Crippen LogP contribution in [0.3, 0.4) is 0 Å². The molecule has 84 valence electrons. The van der Waals surface area contributed by atoms with E-state index in [0.717, 1.165) is 22.8 Å². The van der Waals surface area contributed by atoms with Gasteiger partial charge in [0.1, 0.15) is 0 Å². The van der Waals surface area contributed by atoms with Gasteiger partial charge in [-0.15, -0.1) is 0 Å². The molecule has 0 saturated heterocycles. The van der Waals surface area contributed by atoms with Crippen molar-refractivity contribution in [2.75, 3.05) is 0 Å². The summed E-state index contributed by atoms with van der Waals surface area (Å²) in [5.74, 6) is 0. The summed E-state index contributed by atoms with van der Waals surface area (Å²) in [6.45, 7) is 1.99. The van der Waals surface area contributed by atoms with Gasteiger partial charge in [-0.25, -0.2) is 0 Å². The Kier molecular flexibility index (Phi) is 3.22. The maximum atomic E-state index is 10.2. The molecule has 0 fully saturated rings. The smallest absolute Gasteiger partial charge is 0.0946 e. The van der Waals surface area contributed by atoms with Crippen LogP contribution in [-0.4, -0.2) is 11.1 Å². The fourth-order valence-corrected chi connectivity index (χ4v) is 1.96. The van der Waals surface area contributed by atoms with Gasteiger partial charge in [0, 0.05) is 6.04 Å². The van der Waals surface area contributed by atoms with Crippen LogP contribution in [-0.2, 0) is 0 Å². The molecule has 16 heavy (non-hydrogen) atoms. The molecule has 2 aromatic rings. The molecule has 0 heterocycles. The van der Waals surface area contributed by atoms with E-state index in [2.05, 4.69) is 0 Å². The van der Waals surface area contributed by atoms with Crippen molar-refractivity contribution in [3.63, 3.8) is 0 Å². The van der Waals surface area contributed by atoms with E-state index in [0.29, 0.717) is 0 Å². The van der Waals surface area contributed by atoms with Gasteiger partial charge in [-0.05, 0) is 22.8 Å². The van der Waals surface area contributed by atoms with E-state index in [1.54, 1.807) is 0 Å². The van der Waals surface area contributed by atoms with E-state index in [9.17, 15) is 5.11 Å². The Morgan fingerprint density at radius 3 is 2.56 bits per heavy atom. The quantitative estimate of drug-likeness (QED) is 0.826. The van der Waals surface area contributed by atoms with Crippen molar-refractivity contribution in [3.05, 3.63) is 48.0 Å². The SMILES string of the molecule is CCC(N)C(O)c1cccc2ccccc12. The second-order valence-corrected chi connectivity index (χ2v) is 4.09. The van der Waals surface area contributed by atoms with Crippen LogP contribution in [0.5, 0.6) is 0 Å². The molecule has 2 unspecified atom stereocenters. The third kappa shape index (κ3) is 1.94. The van der Waals surface area contributed by atoms with Gasteiger partial charge >= 0.3 is 0 Å². The first kappa shape index (κ1) is 11.1. The second kappa shape index (κ2) is 4.64. The Morgan fingerprint density at radius 2 is 1.81 bits per heavy atom. The van der Waals surface area contributed by atoms with Gasteiger partial charge in [0.2, 0.25) is 0 Å². The van der Waals surface area contributed by atoms with E-state index >= 15 is 0 Å². The van der Waals surface area contributed by atoms with Gasteiger partial charge in [-0.2, -0.15) is 0 Å². The molecule has 2 atom stereocenters. The zero-order valence-electron chi connectivity index (χ0n) is 9.43. The highest BCUT2D eigenvalue weighted by atomic mass is 16.3. The molecule has 0 amide bonds. The third-order valence-electron chi connectivity index (χ3n) is 3.02. The van der Waals surface area contributed by atoms with Crippen molar-refractivity contribution in [2.24, 2.45) is 5.73 Å². The number of benzene rings is 2. The van der Waals surface area contributed by atoms with Crippen LogP contribution in [0.1, 0.15) is 25.0 Å². The predicted octanol–water partition coefficient (Wildman–Crippen LogP) is 2.61. The summed E-state index contributed by atoms with van der Waals surface area (Å²) in [5, 5.41) is 12.4. The summed E-state index contributed by atoms with van der Waals surface area (Å²) >= 11 is 0. The standard InChI is InChI=1S/C14H17NO/c1-2-13(15)14(16)12-9-5-7-10-6-3-4-8-11(10)12/h3-9,13-14,16H,2,15H2,1H3. The maximum absolute atomic E-state index is 10.2. The first-order valence-corrected chi connectivity index (χ1v) is 5.65. The molecule has 0 aliphatic carbocycles. The number of nitrogens with two attached hydrogens (primary N) is 1. The summed E-state index contributed by atoms with van der Waals surface area (Å²) in [6, 6.07) is 13.8. The molecular formula is C14H17NO. The Bertz CT molecular complexity index is 476. The minimum atomic E-state index is -0.587. The van der Waals surface area contributed by atoms with Gasteiger partial charge in [0.05, 0.1) is 6.10 Å². The summed E-state index contributed by atoms with van der Waals surface area (Å²) in [7, 11) is 0. The van der Waals surface area contributed by atoms with Crippen LogP contribution < -0.4 is 5.73 Å². The number of aliphatic hydroxyl groups is 1. The first-order chi connectivity index (χ1) is 7.74. The lowest BCUT2D eigenvalue weighted by molar-refractivity contribution is 0.146.